The highest BCUT2D eigenvalue weighted by Crippen LogP contribution is 2.70. The fraction of sp³-hybridized carbons (Fsp3) is 0.846. The van der Waals surface area contributed by atoms with Gasteiger partial charge in [-0.05, 0) is 156 Å². The third-order valence-corrected chi connectivity index (χ3v) is 18.0. The highest BCUT2D eigenvalue weighted by atomic mass is 33.1. The Hall–Kier alpha value is -1.08. The fourth-order valence-corrected chi connectivity index (χ4v) is 14.2. The summed E-state index contributed by atoms with van der Waals surface area (Å²) >= 11 is 4.56. The monoisotopic (exact) mass is 872 g/mol. The zero-order chi connectivity index (χ0) is 44.9. The van der Waals surface area contributed by atoms with Crippen molar-refractivity contribution in [1.82, 2.24) is 0 Å². The molecule has 1 saturated heterocycles. The van der Waals surface area contributed by atoms with Gasteiger partial charge in [0.05, 0.1) is 35.9 Å². The summed E-state index contributed by atoms with van der Waals surface area (Å²) in [5.41, 5.74) is 2.06. The molecule has 6 rings (SSSR count). The number of rotatable bonds is 13. The molecule has 1 heterocycles. The summed E-state index contributed by atoms with van der Waals surface area (Å²) in [6, 6.07) is 11.1. The Morgan fingerprint density at radius 1 is 0.983 bits per heavy atom. The molecule has 344 valence electrons. The minimum atomic E-state index is -0.586. The van der Waals surface area contributed by atoms with Crippen molar-refractivity contribution in [1.29, 1.82) is 5.26 Å². The quantitative estimate of drug-likeness (QED) is 0.134. The van der Waals surface area contributed by atoms with Gasteiger partial charge in [-0.25, -0.2) is 0 Å². The first-order chi connectivity index (χ1) is 28.6. The fourth-order valence-electron chi connectivity index (χ4n) is 13.0. The summed E-state index contributed by atoms with van der Waals surface area (Å²) in [6.45, 7) is 27.4. The van der Waals surface area contributed by atoms with Crippen molar-refractivity contribution in [2.45, 2.75) is 215 Å². The zero-order valence-corrected chi connectivity index (χ0v) is 42.0. The molecule has 1 aromatic carbocycles. The van der Waals surface area contributed by atoms with Crippen LogP contribution in [0.25, 0.3) is 0 Å². The van der Waals surface area contributed by atoms with E-state index in [1.54, 1.807) is 17.7 Å². The first kappa shape index (κ1) is 53.3. The Morgan fingerprint density at radius 3 is 2.25 bits per heavy atom. The van der Waals surface area contributed by atoms with Crippen LogP contribution in [0.4, 0.5) is 0 Å². The summed E-state index contributed by atoms with van der Waals surface area (Å²) < 4.78 is 11.8. The number of Topliss-reactive ketones (excluding diaryl/α,β-unsaturated/α-hetero) is 1. The van der Waals surface area contributed by atoms with Gasteiger partial charge in [0.25, 0.3) is 0 Å². The van der Waals surface area contributed by atoms with E-state index in [1.807, 2.05) is 41.5 Å². The van der Waals surface area contributed by atoms with Crippen molar-refractivity contribution < 1.29 is 24.5 Å². The predicted octanol–water partition coefficient (Wildman–Crippen LogP) is 13.3. The standard InChI is InChI=1S/C33H50O2S2.C15H27NO3.2C2H6/c1-20-8-6-7-9-24(20)16-21(2)28(18-23(4)34)30-14-15-33(35)31-13-10-25-19-26(37-36)11-12-27(25)29(31)17-22(3)32(30,33)5;1-5-10(3)15(12(6-2)9-16)19-14-8-13(17)7-11(4)18-14;2*1-2/h6-9,21-22,25-31,35-36H,10-19H2,1-5H3;10-15,17H,5-8H2,1-4H3;2*1-2H3. The number of nitriles is 1. The minimum absolute atomic E-state index is 0.00787. The van der Waals surface area contributed by atoms with E-state index < -0.39 is 5.60 Å². The number of hydrogen-bond acceptors (Lipinski definition) is 8. The summed E-state index contributed by atoms with van der Waals surface area (Å²) in [6.07, 6.45) is 13.4. The van der Waals surface area contributed by atoms with Gasteiger partial charge < -0.3 is 24.5 Å². The van der Waals surface area contributed by atoms with Gasteiger partial charge in [0.15, 0.2) is 6.29 Å². The van der Waals surface area contributed by atoms with E-state index in [1.165, 1.54) is 49.7 Å². The maximum absolute atomic E-state index is 12.8. The summed E-state index contributed by atoms with van der Waals surface area (Å²) in [7, 11) is 1.78. The molecular formula is C52H89NO5S2. The number of aliphatic hydroxyl groups excluding tert-OH is 1. The summed E-state index contributed by atoms with van der Waals surface area (Å²) in [5.74, 6) is 4.87. The number of carbonyl (C=O) groups excluding carboxylic acids is 1. The van der Waals surface area contributed by atoms with Crippen molar-refractivity contribution in [3.8, 4) is 6.07 Å². The van der Waals surface area contributed by atoms with E-state index >= 15 is 0 Å². The normalized spacial score (nSPS) is 36.9. The van der Waals surface area contributed by atoms with Gasteiger partial charge in [0.2, 0.25) is 0 Å². The third kappa shape index (κ3) is 12.2. The van der Waals surface area contributed by atoms with Crippen LogP contribution < -0.4 is 0 Å². The molecule has 1 aliphatic heterocycles. The van der Waals surface area contributed by atoms with E-state index in [0.29, 0.717) is 71.7 Å². The van der Waals surface area contributed by atoms with Gasteiger partial charge in [-0.3, -0.25) is 0 Å². The van der Waals surface area contributed by atoms with E-state index in [0.717, 1.165) is 43.9 Å². The second kappa shape index (κ2) is 24.8. The van der Waals surface area contributed by atoms with Gasteiger partial charge in [-0.15, -0.1) is 11.7 Å². The van der Waals surface area contributed by atoms with Crippen LogP contribution in [0.3, 0.4) is 0 Å². The van der Waals surface area contributed by atoms with E-state index in [9.17, 15) is 20.3 Å². The Bertz CT molecular complexity index is 1460. The van der Waals surface area contributed by atoms with Gasteiger partial charge in [-0.1, -0.05) is 111 Å². The molecule has 0 bridgehead atoms. The Balaban J connectivity index is 0.000000353. The van der Waals surface area contributed by atoms with Crippen LogP contribution in [0.5, 0.6) is 0 Å². The molecule has 2 N–H and O–H groups in total. The van der Waals surface area contributed by atoms with Crippen LogP contribution in [0.2, 0.25) is 0 Å². The van der Waals surface area contributed by atoms with E-state index in [-0.39, 0.29) is 35.9 Å². The van der Waals surface area contributed by atoms with Gasteiger partial charge in [0, 0.05) is 23.5 Å². The van der Waals surface area contributed by atoms with Crippen LogP contribution in [0, 0.1) is 82.8 Å². The van der Waals surface area contributed by atoms with Crippen LogP contribution in [0.15, 0.2) is 24.3 Å². The summed E-state index contributed by atoms with van der Waals surface area (Å²) in [4.78, 5) is 12.6. The molecule has 60 heavy (non-hydrogen) atoms. The highest BCUT2D eigenvalue weighted by molar-refractivity contribution is 8.68. The average molecular weight is 872 g/mol. The number of benzene rings is 1. The molecular weight excluding hydrogens is 783 g/mol. The molecule has 8 heteroatoms. The lowest BCUT2D eigenvalue weighted by atomic mass is 9.44. The number of nitrogens with zero attached hydrogens (tertiary/aromatic N) is 1. The lowest BCUT2D eigenvalue weighted by Crippen LogP contribution is -2.63. The van der Waals surface area contributed by atoms with Crippen molar-refractivity contribution in [3.05, 3.63) is 35.4 Å². The van der Waals surface area contributed by atoms with Crippen LogP contribution >= 0.6 is 22.5 Å². The number of ketones is 1. The van der Waals surface area contributed by atoms with E-state index in [4.69, 9.17) is 9.47 Å². The van der Waals surface area contributed by atoms with Crippen molar-refractivity contribution in [2.24, 2.45) is 64.6 Å². The number of aliphatic hydroxyl groups is 2. The number of fused-ring (bicyclic) bond motifs is 5. The lowest BCUT2D eigenvalue weighted by Gasteiger charge is -2.63. The van der Waals surface area contributed by atoms with Crippen LogP contribution in [-0.4, -0.2) is 51.4 Å². The Kier molecular flexibility index (Phi) is 22.0. The Morgan fingerprint density at radius 2 is 1.67 bits per heavy atom. The summed E-state index contributed by atoms with van der Waals surface area (Å²) in [5, 5.41) is 32.5. The van der Waals surface area contributed by atoms with Gasteiger partial charge >= 0.3 is 0 Å². The molecule has 1 aromatic rings. The molecule has 0 spiro atoms. The largest absolute Gasteiger partial charge is 0.393 e. The van der Waals surface area contributed by atoms with Crippen molar-refractivity contribution >= 4 is 28.2 Å². The maximum atomic E-state index is 12.8. The minimum Gasteiger partial charge on any atom is -0.393 e. The van der Waals surface area contributed by atoms with Gasteiger partial charge in [0.1, 0.15) is 5.78 Å². The van der Waals surface area contributed by atoms with Crippen molar-refractivity contribution in [3.63, 3.8) is 0 Å². The number of thiol groups is 1. The first-order valence-corrected chi connectivity index (χ1v) is 26.5. The highest BCUT2D eigenvalue weighted by Gasteiger charge is 2.68. The molecule has 6 nitrogen and oxygen atoms in total. The molecule has 17 atom stereocenters. The Labute approximate surface area is 377 Å². The van der Waals surface area contributed by atoms with Crippen molar-refractivity contribution in [2.75, 3.05) is 0 Å². The SMILES string of the molecule is CC.CC.CC(=O)CC(C(C)Cc1ccccc1C)C1CCC2(O)C3CCC4CC(SS)CCC4C3CC(C)C12C.CCC(C)C(OC1CC(O)CC(C)O1)C(C#N)CC. The van der Waals surface area contributed by atoms with Crippen LogP contribution in [0.1, 0.15) is 178 Å². The molecule has 5 aliphatic rings. The number of carbonyl (C=O) groups is 1. The molecule has 5 fully saturated rings. The average Bonchev–Trinajstić information content (AvgIpc) is 3.53. The number of aryl methyl sites for hydroxylation is 1. The van der Waals surface area contributed by atoms with E-state index in [2.05, 4.69) is 83.5 Å². The molecule has 0 radical (unpaired) electrons. The molecule has 0 aromatic heterocycles. The maximum Gasteiger partial charge on any atom is 0.160 e. The zero-order valence-electron chi connectivity index (χ0n) is 40.3. The smallest absolute Gasteiger partial charge is 0.160 e. The third-order valence-electron chi connectivity index (χ3n) is 16.4. The lowest BCUT2D eigenvalue weighted by molar-refractivity contribution is -0.241. The first-order valence-electron chi connectivity index (χ1n) is 24.6. The molecule has 0 amide bonds. The van der Waals surface area contributed by atoms with Gasteiger partial charge in [-0.2, -0.15) is 5.26 Å². The number of ether oxygens (including phenoxy) is 2. The molecule has 17 unspecified atom stereocenters. The predicted molar refractivity (Wildman–Crippen MR) is 256 cm³/mol. The number of hydrogen-bond donors (Lipinski definition) is 3. The van der Waals surface area contributed by atoms with Crippen LogP contribution in [-0.2, 0) is 20.7 Å². The molecule has 4 saturated carbocycles. The molecule has 4 aliphatic carbocycles. The topological polar surface area (TPSA) is 99.8 Å². The second-order valence-corrected chi connectivity index (χ2v) is 21.1. The second-order valence-electron chi connectivity index (χ2n) is 19.6.